The molecule has 0 saturated carbocycles. The van der Waals surface area contributed by atoms with Gasteiger partial charge in [-0.2, -0.15) is 5.10 Å². The lowest BCUT2D eigenvalue weighted by Gasteiger charge is -2.36. The van der Waals surface area contributed by atoms with Crippen LogP contribution in [0.5, 0.6) is 5.75 Å². The molecule has 6 nitrogen and oxygen atoms in total. The van der Waals surface area contributed by atoms with Gasteiger partial charge >= 0.3 is 0 Å². The van der Waals surface area contributed by atoms with Crippen LogP contribution in [-0.2, 0) is 0 Å². The first-order valence-electron chi connectivity index (χ1n) is 10.5. The summed E-state index contributed by atoms with van der Waals surface area (Å²) >= 11 is 7.87. The van der Waals surface area contributed by atoms with Gasteiger partial charge in [-0.25, -0.2) is 4.68 Å². The van der Waals surface area contributed by atoms with Gasteiger partial charge in [0.25, 0.3) is 5.91 Å². The van der Waals surface area contributed by atoms with Crippen LogP contribution >= 0.6 is 22.9 Å². The van der Waals surface area contributed by atoms with Gasteiger partial charge in [-0.3, -0.25) is 4.79 Å². The minimum Gasteiger partial charge on any atom is -0.497 e. The van der Waals surface area contributed by atoms with Gasteiger partial charge in [0.2, 0.25) is 0 Å². The Bertz CT molecular complexity index is 1290. The standard InChI is InChI=1S/C24H23ClN4O2S/c1-16-19-15-22(32-24(19)29(26-16)21-9-4-3-8-20(21)25)23(30)28-12-10-27(11-13-28)17-6-5-7-18(14-17)31-2/h3-9,14-15H,10-13H2,1-2H3. The van der Waals surface area contributed by atoms with E-state index >= 15 is 0 Å². The highest BCUT2D eigenvalue weighted by Gasteiger charge is 2.25. The smallest absolute Gasteiger partial charge is 0.264 e. The molecule has 1 fully saturated rings. The number of piperazine rings is 1. The fourth-order valence-electron chi connectivity index (χ4n) is 4.07. The van der Waals surface area contributed by atoms with E-state index in [-0.39, 0.29) is 5.91 Å². The summed E-state index contributed by atoms with van der Waals surface area (Å²) in [5, 5.41) is 6.28. The van der Waals surface area contributed by atoms with Gasteiger partial charge < -0.3 is 14.5 Å². The number of rotatable bonds is 4. The fourth-order valence-corrected chi connectivity index (χ4v) is 5.43. The molecular weight excluding hydrogens is 444 g/mol. The number of benzene rings is 2. The summed E-state index contributed by atoms with van der Waals surface area (Å²) in [6.07, 6.45) is 0. The van der Waals surface area contributed by atoms with E-state index in [1.807, 2.05) is 65.0 Å². The van der Waals surface area contributed by atoms with Crippen molar-refractivity contribution < 1.29 is 9.53 Å². The predicted molar refractivity (Wildman–Crippen MR) is 130 cm³/mol. The third-order valence-corrected chi connectivity index (χ3v) is 7.24. The Morgan fingerprint density at radius 2 is 1.84 bits per heavy atom. The average molecular weight is 467 g/mol. The number of fused-ring (bicyclic) bond motifs is 1. The number of thiophene rings is 1. The predicted octanol–water partition coefficient (Wildman–Crippen LogP) is 5.02. The molecular formula is C24H23ClN4O2S. The van der Waals surface area contributed by atoms with Crippen LogP contribution in [0.2, 0.25) is 5.02 Å². The van der Waals surface area contributed by atoms with Crippen molar-refractivity contribution in [1.29, 1.82) is 0 Å². The van der Waals surface area contributed by atoms with Gasteiger partial charge in [0.1, 0.15) is 10.6 Å². The average Bonchev–Trinajstić information content (AvgIpc) is 3.40. The SMILES string of the molecule is COc1cccc(N2CCN(C(=O)c3cc4c(C)nn(-c5ccccc5Cl)c4s3)CC2)c1. The highest BCUT2D eigenvalue weighted by Crippen LogP contribution is 2.33. The molecule has 0 radical (unpaired) electrons. The molecule has 8 heteroatoms. The molecule has 2 aromatic heterocycles. The number of carbonyl (C=O) groups is 1. The maximum Gasteiger partial charge on any atom is 0.264 e. The summed E-state index contributed by atoms with van der Waals surface area (Å²) in [6, 6.07) is 17.6. The molecule has 3 heterocycles. The molecule has 2 aromatic carbocycles. The van der Waals surface area contributed by atoms with Gasteiger partial charge in [-0.1, -0.05) is 29.8 Å². The molecule has 0 N–H and O–H groups in total. The first kappa shape index (κ1) is 20.8. The zero-order chi connectivity index (χ0) is 22.2. The highest BCUT2D eigenvalue weighted by molar-refractivity contribution is 7.20. The molecule has 1 aliphatic rings. The van der Waals surface area contributed by atoms with Crippen LogP contribution in [0, 0.1) is 6.92 Å². The van der Waals surface area contributed by atoms with Crippen LogP contribution in [0.3, 0.4) is 0 Å². The van der Waals surface area contributed by atoms with Crippen molar-refractivity contribution in [3.05, 3.63) is 70.2 Å². The minimum absolute atomic E-state index is 0.0709. The zero-order valence-electron chi connectivity index (χ0n) is 17.9. The Morgan fingerprint density at radius 3 is 2.59 bits per heavy atom. The number of ether oxygens (including phenoxy) is 1. The van der Waals surface area contributed by atoms with Crippen LogP contribution in [0.1, 0.15) is 15.4 Å². The number of halogens is 1. The van der Waals surface area contributed by atoms with E-state index < -0.39 is 0 Å². The molecule has 1 saturated heterocycles. The Balaban J connectivity index is 1.36. The minimum atomic E-state index is 0.0709. The lowest BCUT2D eigenvalue weighted by atomic mass is 10.2. The topological polar surface area (TPSA) is 50.6 Å². The maximum absolute atomic E-state index is 13.3. The summed E-state index contributed by atoms with van der Waals surface area (Å²) in [6.45, 7) is 4.90. The van der Waals surface area contributed by atoms with Crippen LogP contribution in [0.4, 0.5) is 5.69 Å². The van der Waals surface area contributed by atoms with E-state index in [4.69, 9.17) is 16.3 Å². The Hall–Kier alpha value is -3.03. The number of hydrogen-bond donors (Lipinski definition) is 0. The first-order valence-corrected chi connectivity index (χ1v) is 11.7. The van der Waals surface area contributed by atoms with Crippen LogP contribution in [0.25, 0.3) is 15.9 Å². The van der Waals surface area contributed by atoms with E-state index in [1.54, 1.807) is 7.11 Å². The molecule has 0 atom stereocenters. The number of aryl methyl sites for hydroxylation is 1. The molecule has 0 spiro atoms. The number of nitrogens with zero attached hydrogens (tertiary/aromatic N) is 4. The van der Waals surface area contributed by atoms with E-state index in [2.05, 4.69) is 16.1 Å². The third-order valence-electron chi connectivity index (χ3n) is 5.82. The number of hydrogen-bond acceptors (Lipinski definition) is 5. The summed E-state index contributed by atoms with van der Waals surface area (Å²) in [7, 11) is 1.67. The summed E-state index contributed by atoms with van der Waals surface area (Å²) in [4.78, 5) is 19.2. The molecule has 0 bridgehead atoms. The van der Waals surface area contributed by atoms with Crippen LogP contribution in [-0.4, -0.2) is 53.9 Å². The largest absolute Gasteiger partial charge is 0.497 e. The maximum atomic E-state index is 13.3. The lowest BCUT2D eigenvalue weighted by molar-refractivity contribution is 0.0751. The second-order valence-electron chi connectivity index (χ2n) is 7.76. The van der Waals surface area contributed by atoms with Crippen molar-refractivity contribution in [2.75, 3.05) is 38.2 Å². The van der Waals surface area contributed by atoms with Crippen LogP contribution in [0.15, 0.2) is 54.6 Å². The molecule has 0 aliphatic carbocycles. The second kappa shape index (κ2) is 8.48. The van der Waals surface area contributed by atoms with Crippen molar-refractivity contribution in [2.24, 2.45) is 0 Å². The van der Waals surface area contributed by atoms with Crippen molar-refractivity contribution in [2.45, 2.75) is 6.92 Å². The molecule has 32 heavy (non-hydrogen) atoms. The van der Waals surface area contributed by atoms with Gasteiger partial charge in [-0.05, 0) is 37.3 Å². The number of amides is 1. The van der Waals surface area contributed by atoms with Gasteiger partial charge in [-0.15, -0.1) is 11.3 Å². The molecule has 1 amide bonds. The quantitative estimate of drug-likeness (QED) is 0.423. The number of aromatic nitrogens is 2. The van der Waals surface area contributed by atoms with Crippen molar-refractivity contribution in [3.63, 3.8) is 0 Å². The number of para-hydroxylation sites is 1. The number of methoxy groups -OCH3 is 1. The van der Waals surface area contributed by atoms with Crippen molar-refractivity contribution >= 4 is 44.7 Å². The van der Waals surface area contributed by atoms with Gasteiger partial charge in [0.15, 0.2) is 0 Å². The summed E-state index contributed by atoms with van der Waals surface area (Å²) in [5.74, 6) is 0.913. The van der Waals surface area contributed by atoms with E-state index in [0.717, 1.165) is 51.0 Å². The normalized spacial score (nSPS) is 14.2. The van der Waals surface area contributed by atoms with Crippen molar-refractivity contribution in [1.82, 2.24) is 14.7 Å². The summed E-state index contributed by atoms with van der Waals surface area (Å²) in [5.41, 5.74) is 2.83. The van der Waals surface area contributed by atoms with E-state index in [9.17, 15) is 4.79 Å². The molecule has 5 rings (SSSR count). The lowest BCUT2D eigenvalue weighted by Crippen LogP contribution is -2.48. The molecule has 0 unspecified atom stereocenters. The molecule has 164 valence electrons. The van der Waals surface area contributed by atoms with Gasteiger partial charge in [0, 0.05) is 43.3 Å². The second-order valence-corrected chi connectivity index (χ2v) is 9.20. The Morgan fingerprint density at radius 1 is 1.06 bits per heavy atom. The van der Waals surface area contributed by atoms with Gasteiger partial charge in [0.05, 0.1) is 28.4 Å². The molecule has 4 aromatic rings. The fraction of sp³-hybridized carbons (Fsp3) is 0.250. The Kier molecular flexibility index (Phi) is 5.53. The highest BCUT2D eigenvalue weighted by atomic mass is 35.5. The number of anilines is 1. The monoisotopic (exact) mass is 466 g/mol. The van der Waals surface area contributed by atoms with Crippen LogP contribution < -0.4 is 9.64 Å². The number of carbonyl (C=O) groups excluding carboxylic acids is 1. The zero-order valence-corrected chi connectivity index (χ0v) is 19.5. The third kappa shape index (κ3) is 3.72. The first-order chi connectivity index (χ1) is 15.5. The molecule has 1 aliphatic heterocycles. The summed E-state index contributed by atoms with van der Waals surface area (Å²) < 4.78 is 7.18. The Labute approximate surface area is 195 Å². The van der Waals surface area contributed by atoms with E-state index in [0.29, 0.717) is 18.1 Å². The van der Waals surface area contributed by atoms with Crippen molar-refractivity contribution in [3.8, 4) is 11.4 Å². The van der Waals surface area contributed by atoms with E-state index in [1.165, 1.54) is 11.3 Å².